The fourth-order valence-corrected chi connectivity index (χ4v) is 4.27. The number of rotatable bonds is 3. The van der Waals surface area contributed by atoms with E-state index in [4.69, 9.17) is 28.5 Å². The second-order valence-electron chi connectivity index (χ2n) is 4.51. The minimum atomic E-state index is 0.447. The van der Waals surface area contributed by atoms with E-state index in [1.54, 1.807) is 12.1 Å². The van der Waals surface area contributed by atoms with Crippen molar-refractivity contribution in [2.75, 3.05) is 0 Å². The van der Waals surface area contributed by atoms with Crippen molar-refractivity contribution in [1.82, 2.24) is 0 Å². The van der Waals surface area contributed by atoms with E-state index in [1.807, 2.05) is 6.07 Å². The molecule has 5 heteroatoms. The highest BCUT2D eigenvalue weighted by atomic mass is 79.9. The van der Waals surface area contributed by atoms with Crippen molar-refractivity contribution in [2.24, 2.45) is 0 Å². The summed E-state index contributed by atoms with van der Waals surface area (Å²) in [4.78, 5) is 0. The van der Waals surface area contributed by atoms with Crippen LogP contribution in [0.2, 0.25) is 10.0 Å². The average molecular weight is 447 g/mol. The zero-order valence-corrected chi connectivity index (χ0v) is 15.8. The van der Waals surface area contributed by atoms with Gasteiger partial charge >= 0.3 is 0 Å². The van der Waals surface area contributed by atoms with E-state index in [0.29, 0.717) is 15.6 Å². The predicted molar refractivity (Wildman–Crippen MR) is 94.8 cm³/mol. The van der Waals surface area contributed by atoms with Gasteiger partial charge in [0.25, 0.3) is 0 Å². The molecule has 0 spiro atoms. The number of aryl methyl sites for hydroxylation is 1. The molecule has 0 aromatic heterocycles. The van der Waals surface area contributed by atoms with Gasteiger partial charge in [-0.2, -0.15) is 5.26 Å². The molecule has 0 saturated heterocycles. The average Bonchev–Trinajstić information content (AvgIpc) is 2.40. The van der Waals surface area contributed by atoms with Crippen LogP contribution >= 0.6 is 55.1 Å². The highest BCUT2D eigenvalue weighted by Gasteiger charge is 2.17. The van der Waals surface area contributed by atoms with Crippen molar-refractivity contribution >= 4 is 55.1 Å². The topological polar surface area (TPSA) is 23.8 Å². The summed E-state index contributed by atoms with van der Waals surface area (Å²) >= 11 is 19.7. The summed E-state index contributed by atoms with van der Waals surface area (Å²) in [5.41, 5.74) is 3.24. The number of halogens is 4. The minimum Gasteiger partial charge on any atom is -0.192 e. The predicted octanol–water partition coefficient (Wildman–Crippen LogP) is 6.81. The fourth-order valence-electron chi connectivity index (χ4n) is 2.18. The van der Waals surface area contributed by atoms with Crippen LogP contribution in [-0.4, -0.2) is 0 Å². The molecule has 0 bridgehead atoms. The van der Waals surface area contributed by atoms with Crippen LogP contribution in [-0.2, 0) is 6.42 Å². The van der Waals surface area contributed by atoms with Gasteiger partial charge in [-0.15, -0.1) is 0 Å². The van der Waals surface area contributed by atoms with Crippen molar-refractivity contribution in [3.63, 3.8) is 0 Å². The molecule has 0 aliphatic carbocycles. The molecule has 21 heavy (non-hydrogen) atoms. The van der Waals surface area contributed by atoms with Gasteiger partial charge in [0.2, 0.25) is 0 Å². The summed E-state index contributed by atoms with van der Waals surface area (Å²) in [6, 6.07) is 10.5. The SMILES string of the molecule is CCCc1cc(Br)[c]c(Br)c1-c1c(Cl)cc(C#N)cc1Cl. The Labute approximate surface area is 151 Å². The number of nitriles is 1. The lowest BCUT2D eigenvalue weighted by Crippen LogP contribution is -1.94. The normalized spacial score (nSPS) is 10.5. The maximum Gasteiger partial charge on any atom is 0.0992 e. The first-order chi connectivity index (χ1) is 9.97. The van der Waals surface area contributed by atoms with Crippen LogP contribution in [0, 0.1) is 17.4 Å². The highest BCUT2D eigenvalue weighted by Crippen LogP contribution is 2.42. The van der Waals surface area contributed by atoms with Crippen molar-refractivity contribution in [3.8, 4) is 17.2 Å². The van der Waals surface area contributed by atoms with Gasteiger partial charge in [-0.3, -0.25) is 0 Å². The van der Waals surface area contributed by atoms with Crippen molar-refractivity contribution < 1.29 is 0 Å². The molecule has 0 aliphatic heterocycles. The van der Waals surface area contributed by atoms with Gasteiger partial charge in [0, 0.05) is 26.1 Å². The summed E-state index contributed by atoms with van der Waals surface area (Å²) in [6.07, 6.45) is 1.90. The monoisotopic (exact) mass is 444 g/mol. The first-order valence-corrected chi connectivity index (χ1v) is 8.61. The van der Waals surface area contributed by atoms with Gasteiger partial charge in [0.1, 0.15) is 0 Å². The third-order valence-electron chi connectivity index (χ3n) is 3.01. The Bertz CT molecular complexity index is 713. The van der Waals surface area contributed by atoms with Crippen LogP contribution in [0.1, 0.15) is 24.5 Å². The molecule has 0 fully saturated rings. The van der Waals surface area contributed by atoms with E-state index in [-0.39, 0.29) is 0 Å². The molecule has 0 unspecified atom stereocenters. The molecule has 0 atom stereocenters. The minimum absolute atomic E-state index is 0.447. The van der Waals surface area contributed by atoms with Gasteiger partial charge in [0.15, 0.2) is 0 Å². The molecule has 0 N–H and O–H groups in total. The van der Waals surface area contributed by atoms with Crippen LogP contribution in [0.5, 0.6) is 0 Å². The van der Waals surface area contributed by atoms with E-state index in [9.17, 15) is 0 Å². The largest absolute Gasteiger partial charge is 0.192 e. The van der Waals surface area contributed by atoms with E-state index >= 15 is 0 Å². The molecule has 2 aromatic rings. The molecule has 0 aliphatic rings. The van der Waals surface area contributed by atoms with E-state index in [2.05, 4.69) is 50.9 Å². The second kappa shape index (κ2) is 7.15. The zero-order chi connectivity index (χ0) is 15.6. The lowest BCUT2D eigenvalue weighted by atomic mass is 9.96. The summed E-state index contributed by atoms with van der Waals surface area (Å²) in [7, 11) is 0. The van der Waals surface area contributed by atoms with Gasteiger partial charge < -0.3 is 0 Å². The Morgan fingerprint density at radius 2 is 1.76 bits per heavy atom. The van der Waals surface area contributed by atoms with Gasteiger partial charge in [0.05, 0.1) is 21.7 Å². The molecule has 0 amide bonds. The first-order valence-electron chi connectivity index (χ1n) is 6.27. The van der Waals surface area contributed by atoms with Gasteiger partial charge in [-0.1, -0.05) is 52.5 Å². The van der Waals surface area contributed by atoms with Crippen LogP contribution in [0.25, 0.3) is 11.1 Å². The lowest BCUT2D eigenvalue weighted by molar-refractivity contribution is 0.922. The highest BCUT2D eigenvalue weighted by molar-refractivity contribution is 9.11. The van der Waals surface area contributed by atoms with E-state index in [0.717, 1.165) is 38.5 Å². The molecule has 107 valence electrons. The Balaban J connectivity index is 2.76. The molecule has 1 radical (unpaired) electrons. The Morgan fingerprint density at radius 1 is 1.14 bits per heavy atom. The van der Waals surface area contributed by atoms with Crippen molar-refractivity contribution in [3.05, 3.63) is 54.4 Å². The molecule has 0 heterocycles. The molecule has 2 rings (SSSR count). The van der Waals surface area contributed by atoms with Crippen LogP contribution in [0.15, 0.2) is 27.1 Å². The maximum absolute atomic E-state index is 8.99. The van der Waals surface area contributed by atoms with Crippen LogP contribution in [0.4, 0.5) is 0 Å². The van der Waals surface area contributed by atoms with Crippen molar-refractivity contribution in [1.29, 1.82) is 5.26 Å². The zero-order valence-electron chi connectivity index (χ0n) is 11.1. The fraction of sp³-hybridized carbons (Fsp3) is 0.188. The summed E-state index contributed by atoms with van der Waals surface area (Å²) in [6.45, 7) is 2.12. The number of benzene rings is 2. The van der Waals surface area contributed by atoms with Crippen LogP contribution in [0.3, 0.4) is 0 Å². The molecular formula is C16H10Br2Cl2N. The maximum atomic E-state index is 8.99. The van der Waals surface area contributed by atoms with Crippen molar-refractivity contribution in [2.45, 2.75) is 19.8 Å². The summed E-state index contributed by atoms with van der Waals surface area (Å²) in [5.74, 6) is 0. The Hall–Kier alpha value is -0.530. The molecule has 0 saturated carbocycles. The summed E-state index contributed by atoms with van der Waals surface area (Å²) in [5, 5.41) is 9.92. The number of hydrogen-bond acceptors (Lipinski definition) is 1. The quantitative estimate of drug-likeness (QED) is 0.508. The van der Waals surface area contributed by atoms with Gasteiger partial charge in [-0.05, 0) is 46.1 Å². The van der Waals surface area contributed by atoms with Crippen LogP contribution < -0.4 is 0 Å². The van der Waals surface area contributed by atoms with E-state index in [1.165, 1.54) is 0 Å². The number of hydrogen-bond donors (Lipinski definition) is 0. The van der Waals surface area contributed by atoms with Gasteiger partial charge in [-0.25, -0.2) is 0 Å². The third-order valence-corrected chi connectivity index (χ3v) is 4.63. The number of nitrogens with zero attached hydrogens (tertiary/aromatic N) is 1. The van der Waals surface area contributed by atoms with E-state index < -0.39 is 0 Å². The Kier molecular flexibility index (Phi) is 5.73. The standard InChI is InChI=1S/C16H10Br2Cl2N/c1-2-3-10-6-11(17)7-12(18)15(10)16-13(19)4-9(8-21)5-14(16)20/h4-6H,2-3H2,1H3. The lowest BCUT2D eigenvalue weighted by Gasteiger charge is -2.15. The molecule has 1 nitrogen and oxygen atoms in total. The molecule has 2 aromatic carbocycles. The smallest absolute Gasteiger partial charge is 0.0992 e. The third kappa shape index (κ3) is 3.63. The molecular weight excluding hydrogens is 437 g/mol. The summed E-state index contributed by atoms with van der Waals surface area (Å²) < 4.78 is 1.68. The Morgan fingerprint density at radius 3 is 2.29 bits per heavy atom. The first kappa shape index (κ1) is 16.8. The second-order valence-corrected chi connectivity index (χ2v) is 6.97.